The van der Waals surface area contributed by atoms with E-state index in [1.807, 2.05) is 20.2 Å². The van der Waals surface area contributed by atoms with Crippen molar-refractivity contribution in [2.45, 2.75) is 24.4 Å². The van der Waals surface area contributed by atoms with Crippen LogP contribution in [0.1, 0.15) is 24.1 Å². The molecule has 9 nitrogen and oxygen atoms in total. The summed E-state index contributed by atoms with van der Waals surface area (Å²) in [6, 6.07) is 4.01. The van der Waals surface area contributed by atoms with Gasteiger partial charge in [-0.15, -0.1) is 0 Å². The Morgan fingerprint density at radius 1 is 1.36 bits per heavy atom. The van der Waals surface area contributed by atoms with Crippen molar-refractivity contribution in [3.8, 4) is 0 Å². The van der Waals surface area contributed by atoms with Gasteiger partial charge < -0.3 is 30.5 Å². The van der Waals surface area contributed by atoms with Crippen molar-refractivity contribution in [1.29, 1.82) is 0 Å². The van der Waals surface area contributed by atoms with E-state index in [0.717, 1.165) is 12.1 Å². The molecule has 9 heteroatoms. The minimum Gasteiger partial charge on any atom is -0.394 e. The van der Waals surface area contributed by atoms with E-state index >= 15 is 0 Å². The summed E-state index contributed by atoms with van der Waals surface area (Å²) in [5.74, 6) is -0.319. The Morgan fingerprint density at radius 2 is 2.11 bits per heavy atom. The first kappa shape index (κ1) is 20.5. The third kappa shape index (κ3) is 4.11. The van der Waals surface area contributed by atoms with E-state index in [2.05, 4.69) is 5.32 Å². The molecule has 0 aliphatic carbocycles. The van der Waals surface area contributed by atoms with Crippen molar-refractivity contribution >= 4 is 11.8 Å². The topological polar surface area (TPSA) is 121 Å². The monoisotopic (exact) mass is 391 g/mol. The number of piperidine rings is 1. The lowest BCUT2D eigenvalue weighted by molar-refractivity contribution is -0.136. The maximum atomic E-state index is 12.6. The van der Waals surface area contributed by atoms with E-state index < -0.39 is 12.6 Å². The molecule has 0 saturated carbocycles. The molecule has 3 rings (SSSR count). The lowest BCUT2D eigenvalue weighted by Gasteiger charge is -2.47. The summed E-state index contributed by atoms with van der Waals surface area (Å²) in [6.45, 7) is 1.14. The second kappa shape index (κ2) is 8.42. The van der Waals surface area contributed by atoms with E-state index in [9.17, 15) is 19.5 Å². The number of aliphatic hydroxyl groups is 1. The molecule has 1 aromatic rings. The van der Waals surface area contributed by atoms with Crippen LogP contribution in [0.25, 0.3) is 0 Å². The minimum atomic E-state index is -0.935. The highest BCUT2D eigenvalue weighted by molar-refractivity contribution is 5.82. The Morgan fingerprint density at radius 3 is 2.79 bits per heavy atom. The van der Waals surface area contributed by atoms with E-state index in [0.29, 0.717) is 19.6 Å². The number of carbonyl (C=O) groups excluding carboxylic acids is 2. The Balaban J connectivity index is 1.86. The molecule has 2 amide bonds. The van der Waals surface area contributed by atoms with Crippen LogP contribution >= 0.6 is 0 Å². The molecule has 4 atom stereocenters. The normalized spacial score (nSPS) is 24.6. The number of fused-ring (bicyclic) bond motifs is 4. The molecule has 1 fully saturated rings. The number of nitrogens with zero attached hydrogens (tertiary/aromatic N) is 3. The van der Waals surface area contributed by atoms with Crippen LogP contribution in [0.15, 0.2) is 23.0 Å². The van der Waals surface area contributed by atoms with Crippen LogP contribution in [0.5, 0.6) is 0 Å². The van der Waals surface area contributed by atoms with Crippen molar-refractivity contribution in [1.82, 2.24) is 19.7 Å². The Hall–Kier alpha value is -2.23. The van der Waals surface area contributed by atoms with Crippen LogP contribution in [0, 0.1) is 5.92 Å². The molecule has 3 heterocycles. The van der Waals surface area contributed by atoms with Gasteiger partial charge in [-0.1, -0.05) is 6.07 Å². The minimum absolute atomic E-state index is 0.0286. The first-order valence-electron chi connectivity index (χ1n) is 9.60. The van der Waals surface area contributed by atoms with Crippen LogP contribution in [-0.2, 0) is 9.59 Å². The highest BCUT2D eigenvalue weighted by atomic mass is 16.3. The number of hydrogen-bond donors (Lipinski definition) is 3. The van der Waals surface area contributed by atoms with E-state index in [1.54, 1.807) is 20.4 Å². The third-order valence-corrected chi connectivity index (χ3v) is 5.59. The van der Waals surface area contributed by atoms with Gasteiger partial charge in [-0.05, 0) is 32.5 Å². The van der Waals surface area contributed by atoms with E-state index in [-0.39, 0.29) is 41.8 Å². The Labute approximate surface area is 164 Å². The Bertz CT molecular complexity index is 793. The third-order valence-electron chi connectivity index (χ3n) is 5.59. The van der Waals surface area contributed by atoms with Crippen LogP contribution in [-0.4, -0.2) is 84.2 Å². The summed E-state index contributed by atoms with van der Waals surface area (Å²) in [6.07, 6.45) is 0.843. The van der Waals surface area contributed by atoms with Gasteiger partial charge in [0.1, 0.15) is 6.04 Å². The number of nitrogens with one attached hydrogen (secondary N) is 1. The summed E-state index contributed by atoms with van der Waals surface area (Å²) in [4.78, 5) is 40.7. The zero-order chi connectivity index (χ0) is 20.4. The van der Waals surface area contributed by atoms with Gasteiger partial charge in [0, 0.05) is 37.3 Å². The SMILES string of the molecule is CN(C)CC(=O)NC[C@H]1[C@H]2C[C@H](CN(C(=O)[C@@H](N)CO)C2)c2cccc(=O)n21. The second-order valence-electron chi connectivity index (χ2n) is 7.99. The van der Waals surface area contributed by atoms with Crippen molar-refractivity contribution < 1.29 is 14.7 Å². The maximum absolute atomic E-state index is 12.6. The molecule has 1 saturated heterocycles. The number of likely N-dealkylation sites (N-methyl/N-ethyl adjacent to an activating group) is 1. The molecular weight excluding hydrogens is 362 g/mol. The smallest absolute Gasteiger partial charge is 0.251 e. The van der Waals surface area contributed by atoms with Crippen LogP contribution in [0.2, 0.25) is 0 Å². The molecule has 0 radical (unpaired) electrons. The molecule has 0 spiro atoms. The molecule has 2 aliphatic rings. The predicted molar refractivity (Wildman–Crippen MR) is 104 cm³/mol. The van der Waals surface area contributed by atoms with Crippen LogP contribution in [0.4, 0.5) is 0 Å². The summed E-state index contributed by atoms with van der Waals surface area (Å²) in [5.41, 5.74) is 6.53. The molecule has 28 heavy (non-hydrogen) atoms. The van der Waals surface area contributed by atoms with Gasteiger partial charge in [0.05, 0.1) is 19.2 Å². The fourth-order valence-corrected chi connectivity index (χ4v) is 4.36. The molecule has 4 N–H and O–H groups in total. The molecule has 154 valence electrons. The standard InChI is InChI=1S/C19H29N5O4/c1-22(2)10-17(26)21-7-16-13-6-12(15-4-3-5-18(27)24(15)16)8-23(9-13)19(28)14(20)11-25/h3-5,12-14,16,25H,6-11,20H2,1-2H3,(H,21,26)/t12-,13+,14+,16+/m1/s1. The van der Waals surface area contributed by atoms with Crippen LogP contribution in [0.3, 0.4) is 0 Å². The molecular formula is C19H29N5O4. The van der Waals surface area contributed by atoms with Crippen molar-refractivity contribution in [2.75, 3.05) is 46.9 Å². The fourth-order valence-electron chi connectivity index (χ4n) is 4.36. The number of hydrogen-bond acceptors (Lipinski definition) is 6. The van der Waals surface area contributed by atoms with Gasteiger partial charge in [-0.3, -0.25) is 14.4 Å². The van der Waals surface area contributed by atoms with Crippen molar-refractivity contribution in [3.05, 3.63) is 34.2 Å². The quantitative estimate of drug-likeness (QED) is 0.533. The Kier molecular flexibility index (Phi) is 6.17. The summed E-state index contributed by atoms with van der Waals surface area (Å²) in [5, 5.41) is 12.2. The number of amides is 2. The number of aromatic nitrogens is 1. The zero-order valence-electron chi connectivity index (χ0n) is 16.4. The van der Waals surface area contributed by atoms with E-state index in [4.69, 9.17) is 5.73 Å². The largest absolute Gasteiger partial charge is 0.394 e. The lowest BCUT2D eigenvalue weighted by Crippen LogP contribution is -2.56. The number of carbonyl (C=O) groups is 2. The molecule has 0 unspecified atom stereocenters. The molecule has 0 aromatic carbocycles. The van der Waals surface area contributed by atoms with Gasteiger partial charge in [0.25, 0.3) is 5.56 Å². The van der Waals surface area contributed by atoms with Gasteiger partial charge in [-0.25, -0.2) is 0 Å². The van der Waals surface area contributed by atoms with Gasteiger partial charge >= 0.3 is 0 Å². The van der Waals surface area contributed by atoms with Gasteiger partial charge in [0.15, 0.2) is 0 Å². The summed E-state index contributed by atoms with van der Waals surface area (Å²) in [7, 11) is 3.64. The van der Waals surface area contributed by atoms with Crippen LogP contribution < -0.4 is 16.6 Å². The first-order chi connectivity index (χ1) is 13.3. The number of rotatable bonds is 6. The fraction of sp³-hybridized carbons (Fsp3) is 0.632. The molecule has 2 bridgehead atoms. The predicted octanol–water partition coefficient (Wildman–Crippen LogP) is -1.67. The van der Waals surface area contributed by atoms with E-state index in [1.165, 1.54) is 6.07 Å². The van der Waals surface area contributed by atoms with Crippen molar-refractivity contribution in [3.63, 3.8) is 0 Å². The molecule has 2 aliphatic heterocycles. The zero-order valence-corrected chi connectivity index (χ0v) is 16.4. The average molecular weight is 391 g/mol. The van der Waals surface area contributed by atoms with Gasteiger partial charge in [-0.2, -0.15) is 0 Å². The average Bonchev–Trinajstić information content (AvgIpc) is 2.66. The number of likely N-dealkylation sites (tertiary alicyclic amines) is 1. The van der Waals surface area contributed by atoms with Gasteiger partial charge in [0.2, 0.25) is 11.8 Å². The maximum Gasteiger partial charge on any atom is 0.251 e. The second-order valence-corrected chi connectivity index (χ2v) is 7.99. The lowest BCUT2D eigenvalue weighted by atomic mass is 9.78. The highest BCUT2D eigenvalue weighted by Crippen LogP contribution is 2.40. The summed E-state index contributed by atoms with van der Waals surface area (Å²) >= 11 is 0. The number of aliphatic hydroxyl groups excluding tert-OH is 1. The molecule has 1 aromatic heterocycles. The van der Waals surface area contributed by atoms with Crippen molar-refractivity contribution in [2.24, 2.45) is 11.7 Å². The highest BCUT2D eigenvalue weighted by Gasteiger charge is 2.42. The number of pyridine rings is 1. The summed E-state index contributed by atoms with van der Waals surface area (Å²) < 4.78 is 1.78. The number of nitrogens with two attached hydrogens (primary N) is 1. The first-order valence-corrected chi connectivity index (χ1v) is 9.60.